The number of esters is 1. The second-order valence-electron chi connectivity index (χ2n) is 7.32. The van der Waals surface area contributed by atoms with E-state index in [1.54, 1.807) is 13.0 Å². The lowest BCUT2D eigenvalue weighted by Crippen LogP contribution is -2.12. The summed E-state index contributed by atoms with van der Waals surface area (Å²) >= 11 is 0. The molecule has 8 nitrogen and oxygen atoms in total. The Morgan fingerprint density at radius 2 is 1.78 bits per heavy atom. The third-order valence-corrected chi connectivity index (χ3v) is 5.40. The topological polar surface area (TPSA) is 123 Å². The van der Waals surface area contributed by atoms with E-state index in [1.165, 1.54) is 20.1 Å². The van der Waals surface area contributed by atoms with E-state index in [1.807, 2.05) is 19.9 Å². The third kappa shape index (κ3) is 3.80. The number of hydrogen-bond donors (Lipinski definition) is 3. The zero-order valence-corrected chi connectivity index (χ0v) is 18.4. The van der Waals surface area contributed by atoms with Gasteiger partial charge in [0.1, 0.15) is 17.1 Å². The van der Waals surface area contributed by atoms with Gasteiger partial charge in [-0.3, -0.25) is 0 Å². The van der Waals surface area contributed by atoms with Crippen LogP contribution in [0.15, 0.2) is 24.3 Å². The molecule has 0 atom stereocenters. The van der Waals surface area contributed by atoms with Gasteiger partial charge in [0, 0.05) is 17.2 Å². The molecule has 1 aliphatic rings. The number of aliphatic hydroxyl groups excluding tert-OH is 1. The van der Waals surface area contributed by atoms with Gasteiger partial charge in [-0.05, 0) is 56.5 Å². The van der Waals surface area contributed by atoms with Gasteiger partial charge in [0.2, 0.25) is 0 Å². The minimum absolute atomic E-state index is 0.0192. The first kappa shape index (κ1) is 22.9. The molecule has 0 saturated heterocycles. The van der Waals surface area contributed by atoms with E-state index < -0.39 is 18.5 Å². The van der Waals surface area contributed by atoms with E-state index in [0.717, 1.165) is 11.6 Å². The maximum absolute atomic E-state index is 13.3. The van der Waals surface area contributed by atoms with Crippen LogP contribution < -0.4 is 14.2 Å². The zero-order chi connectivity index (χ0) is 23.7. The highest BCUT2D eigenvalue weighted by molar-refractivity contribution is 6.03. The number of rotatable bonds is 5. The smallest absolute Gasteiger partial charge is 0.348 e. The molecule has 0 radical (unpaired) electrons. The number of aliphatic carboxylic acids is 1. The quantitative estimate of drug-likeness (QED) is 0.354. The Bertz CT molecular complexity index is 1190. The fourth-order valence-corrected chi connectivity index (χ4v) is 3.57. The number of carboxylic acid groups (broad SMARTS) is 1. The van der Waals surface area contributed by atoms with Gasteiger partial charge in [0.25, 0.3) is 0 Å². The number of methoxy groups -OCH3 is 1. The molecule has 168 valence electrons. The Morgan fingerprint density at radius 1 is 1.09 bits per heavy atom. The summed E-state index contributed by atoms with van der Waals surface area (Å²) in [7, 11) is 1.50. The fraction of sp³-hybridized carbons (Fsp3) is 0.250. The first-order chi connectivity index (χ1) is 15.1. The Labute approximate surface area is 185 Å². The van der Waals surface area contributed by atoms with E-state index in [0.29, 0.717) is 16.9 Å². The molecule has 3 rings (SSSR count). The van der Waals surface area contributed by atoms with Crippen molar-refractivity contribution in [1.29, 1.82) is 0 Å². The third-order valence-electron chi connectivity index (χ3n) is 5.40. The van der Waals surface area contributed by atoms with Gasteiger partial charge in [0.05, 0.1) is 19.3 Å². The summed E-state index contributed by atoms with van der Waals surface area (Å²) in [6.45, 7) is 6.26. The summed E-state index contributed by atoms with van der Waals surface area (Å²) in [6.07, 6.45) is 2.75. The van der Waals surface area contributed by atoms with Crippen molar-refractivity contribution in [3.8, 4) is 28.7 Å². The standard InChI is InChI=1S/C24H24O8/c1-6-11(2)15-9-18(30-5)13(4)21-23(15)31-22-16(10-25)17(26)8-14(12(3)7-19(27)28)20(22)24(29)32-21/h6-9,25-26H,10H2,1-5H3,(H,27,28). The van der Waals surface area contributed by atoms with Crippen molar-refractivity contribution in [2.75, 3.05) is 7.11 Å². The van der Waals surface area contributed by atoms with Crippen molar-refractivity contribution >= 4 is 23.1 Å². The predicted octanol–water partition coefficient (Wildman–Crippen LogP) is 4.44. The Morgan fingerprint density at radius 3 is 2.34 bits per heavy atom. The van der Waals surface area contributed by atoms with Crippen LogP contribution in [0.3, 0.4) is 0 Å². The van der Waals surface area contributed by atoms with Crippen LogP contribution in [0.4, 0.5) is 0 Å². The number of hydrogen-bond acceptors (Lipinski definition) is 7. The maximum atomic E-state index is 13.3. The first-order valence-electron chi connectivity index (χ1n) is 9.80. The number of ether oxygens (including phenoxy) is 3. The number of phenols is 1. The van der Waals surface area contributed by atoms with Gasteiger partial charge in [-0.15, -0.1) is 0 Å². The molecule has 0 unspecified atom stereocenters. The van der Waals surface area contributed by atoms with E-state index >= 15 is 0 Å². The van der Waals surface area contributed by atoms with Crippen LogP contribution in [0.1, 0.15) is 53.4 Å². The molecule has 0 aliphatic carbocycles. The average molecular weight is 440 g/mol. The van der Waals surface area contributed by atoms with Crippen molar-refractivity contribution < 1.29 is 39.1 Å². The van der Waals surface area contributed by atoms with Gasteiger partial charge in [0.15, 0.2) is 17.2 Å². The largest absolute Gasteiger partial charge is 0.507 e. The lowest BCUT2D eigenvalue weighted by molar-refractivity contribution is -0.131. The van der Waals surface area contributed by atoms with Crippen LogP contribution in [-0.2, 0) is 11.4 Å². The molecule has 0 aromatic heterocycles. The molecule has 0 fully saturated rings. The van der Waals surface area contributed by atoms with Gasteiger partial charge in [-0.1, -0.05) is 6.08 Å². The molecular weight excluding hydrogens is 416 g/mol. The minimum atomic E-state index is -1.22. The highest BCUT2D eigenvalue weighted by atomic mass is 16.6. The number of fused-ring (bicyclic) bond motifs is 2. The van der Waals surface area contributed by atoms with Gasteiger partial charge in [-0.2, -0.15) is 0 Å². The molecule has 1 heterocycles. The van der Waals surface area contributed by atoms with Crippen molar-refractivity contribution in [2.45, 2.75) is 34.3 Å². The molecule has 0 amide bonds. The van der Waals surface area contributed by atoms with Gasteiger partial charge >= 0.3 is 11.9 Å². The zero-order valence-electron chi connectivity index (χ0n) is 18.4. The van der Waals surface area contributed by atoms with Crippen LogP contribution >= 0.6 is 0 Å². The average Bonchev–Trinajstić information content (AvgIpc) is 2.89. The molecule has 32 heavy (non-hydrogen) atoms. The number of carbonyl (C=O) groups is 2. The predicted molar refractivity (Wildman–Crippen MR) is 117 cm³/mol. The second kappa shape index (κ2) is 8.76. The Balaban J connectivity index is 2.42. The summed E-state index contributed by atoms with van der Waals surface area (Å²) in [4.78, 5) is 24.5. The second-order valence-corrected chi connectivity index (χ2v) is 7.32. The Kier molecular flexibility index (Phi) is 6.27. The van der Waals surface area contributed by atoms with Crippen LogP contribution in [-0.4, -0.2) is 34.4 Å². The summed E-state index contributed by atoms with van der Waals surface area (Å²) in [5.74, 6) is -1.64. The number of aromatic hydroxyl groups is 1. The summed E-state index contributed by atoms with van der Waals surface area (Å²) in [5.41, 5.74) is 2.12. The van der Waals surface area contributed by atoms with Crippen LogP contribution in [0, 0.1) is 6.92 Å². The molecule has 0 spiro atoms. The molecule has 8 heteroatoms. The first-order valence-corrected chi connectivity index (χ1v) is 9.80. The highest BCUT2D eigenvalue weighted by Crippen LogP contribution is 2.50. The van der Waals surface area contributed by atoms with E-state index in [9.17, 15) is 19.8 Å². The molecule has 1 aliphatic heterocycles. The molecule has 2 aromatic rings. The van der Waals surface area contributed by atoms with E-state index in [2.05, 4.69) is 0 Å². The van der Waals surface area contributed by atoms with Gasteiger partial charge in [-0.25, -0.2) is 9.59 Å². The Hall–Kier alpha value is -3.78. The van der Waals surface area contributed by atoms with Crippen molar-refractivity contribution in [3.05, 3.63) is 52.1 Å². The number of carboxylic acids is 1. The maximum Gasteiger partial charge on any atom is 0.348 e. The summed E-state index contributed by atoms with van der Waals surface area (Å²) < 4.78 is 17.3. The van der Waals surface area contributed by atoms with Crippen LogP contribution in [0.25, 0.3) is 11.1 Å². The fourth-order valence-electron chi connectivity index (χ4n) is 3.57. The van der Waals surface area contributed by atoms with Crippen molar-refractivity contribution in [3.63, 3.8) is 0 Å². The van der Waals surface area contributed by atoms with Crippen molar-refractivity contribution in [2.24, 2.45) is 0 Å². The van der Waals surface area contributed by atoms with Crippen molar-refractivity contribution in [1.82, 2.24) is 0 Å². The number of aliphatic hydroxyl groups is 1. The molecular formula is C24H24O8. The monoisotopic (exact) mass is 440 g/mol. The highest BCUT2D eigenvalue weighted by Gasteiger charge is 2.34. The van der Waals surface area contributed by atoms with Crippen LogP contribution in [0.2, 0.25) is 0 Å². The number of allylic oxidation sites excluding steroid dienone is 3. The minimum Gasteiger partial charge on any atom is -0.507 e. The van der Waals surface area contributed by atoms with E-state index in [-0.39, 0.29) is 45.3 Å². The summed E-state index contributed by atoms with van der Waals surface area (Å²) in [5, 5.41) is 29.6. The molecule has 0 bridgehead atoms. The van der Waals surface area contributed by atoms with Gasteiger partial charge < -0.3 is 29.5 Å². The van der Waals surface area contributed by atoms with Crippen LogP contribution in [0.5, 0.6) is 28.7 Å². The number of carbonyl (C=O) groups excluding carboxylic acids is 1. The number of benzene rings is 2. The van der Waals surface area contributed by atoms with E-state index in [4.69, 9.17) is 19.3 Å². The molecule has 3 N–H and O–H groups in total. The lowest BCUT2D eigenvalue weighted by Gasteiger charge is -2.19. The summed E-state index contributed by atoms with van der Waals surface area (Å²) in [6, 6.07) is 2.96. The SMILES string of the molecule is CC=C(C)c1cc(OC)c(C)c2c1Oc1c(CO)c(O)cc(C(C)=CC(=O)O)c1C(=O)O2. The molecule has 2 aromatic carbocycles. The molecule has 0 saturated carbocycles. The normalized spacial score (nSPS) is 13.5. The lowest BCUT2D eigenvalue weighted by atomic mass is 9.95.